The highest BCUT2D eigenvalue weighted by Crippen LogP contribution is 2.36. The summed E-state index contributed by atoms with van der Waals surface area (Å²) in [6.07, 6.45) is 1.21. The van der Waals surface area contributed by atoms with Gasteiger partial charge in [0.05, 0.1) is 6.10 Å². The van der Waals surface area contributed by atoms with Gasteiger partial charge in [-0.15, -0.1) is 0 Å². The van der Waals surface area contributed by atoms with E-state index in [0.29, 0.717) is 5.56 Å². The molecule has 1 aromatic heterocycles. The second-order valence-electron chi connectivity index (χ2n) is 5.02. The van der Waals surface area contributed by atoms with Gasteiger partial charge in [0.1, 0.15) is 0 Å². The lowest BCUT2D eigenvalue weighted by Gasteiger charge is -2.27. The van der Waals surface area contributed by atoms with Crippen LogP contribution >= 0.6 is 0 Å². The molecule has 2 aromatic rings. The summed E-state index contributed by atoms with van der Waals surface area (Å²) in [6, 6.07) is 5.35. The maximum atomic E-state index is 11.3. The number of aromatic amines is 1. The molecule has 2 atom stereocenters. The van der Waals surface area contributed by atoms with E-state index in [1.807, 2.05) is 13.1 Å². The Labute approximate surface area is 110 Å². The van der Waals surface area contributed by atoms with Gasteiger partial charge in [0, 0.05) is 33.8 Å². The second-order valence-corrected chi connectivity index (χ2v) is 5.02. The first kappa shape index (κ1) is 12.2. The van der Waals surface area contributed by atoms with Crippen LogP contribution in [0.15, 0.2) is 18.2 Å². The lowest BCUT2D eigenvalue weighted by Crippen LogP contribution is -2.35. The number of carbonyl (C=O) groups excluding carboxylic acids is 1. The van der Waals surface area contributed by atoms with Gasteiger partial charge in [-0.25, -0.2) is 0 Å². The molecule has 0 saturated carbocycles. The Morgan fingerprint density at radius 2 is 2.32 bits per heavy atom. The number of hydrogen-bond acceptors (Lipinski definition) is 3. The van der Waals surface area contributed by atoms with Crippen LogP contribution in [-0.2, 0) is 6.42 Å². The number of hydrogen-bond donors (Lipinski definition) is 4. The maximum absolute atomic E-state index is 11.3. The minimum absolute atomic E-state index is 0.0451. The molecule has 0 aliphatic heterocycles. The minimum atomic E-state index is -0.564. The van der Waals surface area contributed by atoms with E-state index < -0.39 is 12.0 Å². The number of aromatic nitrogens is 1. The molecular formula is C14H17N3O2. The summed E-state index contributed by atoms with van der Waals surface area (Å²) in [5.74, 6) is -0.452. The number of primary amides is 1. The Morgan fingerprint density at radius 3 is 3.00 bits per heavy atom. The molecule has 0 radical (unpaired) electrons. The predicted octanol–water partition coefficient (Wildman–Crippen LogP) is 0.834. The van der Waals surface area contributed by atoms with Gasteiger partial charge in [0.2, 0.25) is 5.91 Å². The zero-order valence-corrected chi connectivity index (χ0v) is 10.7. The van der Waals surface area contributed by atoms with Crippen molar-refractivity contribution in [2.45, 2.75) is 25.0 Å². The predicted molar refractivity (Wildman–Crippen MR) is 72.9 cm³/mol. The number of amides is 1. The topological polar surface area (TPSA) is 91.1 Å². The Balaban J connectivity index is 2.20. The van der Waals surface area contributed by atoms with Crippen LogP contribution in [0.4, 0.5) is 0 Å². The van der Waals surface area contributed by atoms with Crippen LogP contribution < -0.4 is 11.1 Å². The molecule has 1 aliphatic carbocycles. The van der Waals surface area contributed by atoms with Crippen LogP contribution in [0.1, 0.15) is 34.1 Å². The van der Waals surface area contributed by atoms with E-state index in [1.165, 1.54) is 0 Å². The zero-order chi connectivity index (χ0) is 13.6. The first-order valence-electron chi connectivity index (χ1n) is 6.41. The molecule has 0 spiro atoms. The average molecular weight is 259 g/mol. The number of nitrogens with one attached hydrogen (secondary N) is 2. The fraction of sp³-hybridized carbons (Fsp3) is 0.357. The summed E-state index contributed by atoms with van der Waals surface area (Å²) < 4.78 is 0. The molecule has 3 rings (SSSR count). The zero-order valence-electron chi connectivity index (χ0n) is 10.7. The smallest absolute Gasteiger partial charge is 0.248 e. The fourth-order valence-corrected chi connectivity index (χ4v) is 2.92. The quantitative estimate of drug-likeness (QED) is 0.644. The molecule has 1 amide bonds. The standard InChI is InChI=1S/C14H17N3O2/c1-16-11-5-4-10-12(13(11)18)8-6-7(14(15)19)2-3-9(8)17-10/h2-3,6,11,13,16-18H,4-5H2,1H3,(H2,15,19). The molecule has 19 heavy (non-hydrogen) atoms. The number of fused-ring (bicyclic) bond motifs is 3. The van der Waals surface area contributed by atoms with Gasteiger partial charge in [-0.2, -0.15) is 0 Å². The molecule has 1 heterocycles. The highest BCUT2D eigenvalue weighted by atomic mass is 16.3. The molecule has 1 aromatic carbocycles. The number of nitrogens with two attached hydrogens (primary N) is 1. The molecule has 1 aliphatic rings. The molecule has 0 saturated heterocycles. The normalized spacial score (nSPS) is 22.4. The Hall–Kier alpha value is -1.85. The third-order valence-corrected chi connectivity index (χ3v) is 3.96. The summed E-state index contributed by atoms with van der Waals surface area (Å²) in [5, 5.41) is 14.5. The van der Waals surface area contributed by atoms with Gasteiger partial charge in [-0.1, -0.05) is 0 Å². The van der Waals surface area contributed by atoms with Crippen molar-refractivity contribution in [3.63, 3.8) is 0 Å². The Bertz CT molecular complexity index is 647. The van der Waals surface area contributed by atoms with Crippen molar-refractivity contribution in [1.82, 2.24) is 10.3 Å². The van der Waals surface area contributed by atoms with Gasteiger partial charge >= 0.3 is 0 Å². The molecule has 5 nitrogen and oxygen atoms in total. The first-order chi connectivity index (χ1) is 9.11. The molecule has 0 bridgehead atoms. The Kier molecular flexibility index (Phi) is 2.80. The maximum Gasteiger partial charge on any atom is 0.248 e. The highest BCUT2D eigenvalue weighted by molar-refractivity contribution is 5.98. The summed E-state index contributed by atoms with van der Waals surface area (Å²) >= 11 is 0. The number of aryl methyl sites for hydroxylation is 1. The van der Waals surface area contributed by atoms with E-state index in [9.17, 15) is 9.90 Å². The summed E-state index contributed by atoms with van der Waals surface area (Å²) in [7, 11) is 1.85. The van der Waals surface area contributed by atoms with Crippen LogP contribution in [0.5, 0.6) is 0 Å². The van der Waals surface area contributed by atoms with Crippen molar-refractivity contribution >= 4 is 16.8 Å². The SMILES string of the molecule is CNC1CCc2[nH]c3ccc(C(N)=O)cc3c2C1O. The monoisotopic (exact) mass is 259 g/mol. The first-order valence-corrected chi connectivity index (χ1v) is 6.41. The number of rotatable bonds is 2. The van der Waals surface area contributed by atoms with Crippen molar-refractivity contribution < 1.29 is 9.90 Å². The van der Waals surface area contributed by atoms with Crippen LogP contribution in [0, 0.1) is 0 Å². The van der Waals surface area contributed by atoms with Crippen LogP contribution in [0.2, 0.25) is 0 Å². The van der Waals surface area contributed by atoms with Gasteiger partial charge in [-0.05, 0) is 38.1 Å². The van der Waals surface area contributed by atoms with Crippen LogP contribution in [0.25, 0.3) is 10.9 Å². The Morgan fingerprint density at radius 1 is 1.53 bits per heavy atom. The summed E-state index contributed by atoms with van der Waals surface area (Å²) in [6.45, 7) is 0. The van der Waals surface area contributed by atoms with Crippen molar-refractivity contribution in [3.05, 3.63) is 35.0 Å². The van der Waals surface area contributed by atoms with E-state index in [2.05, 4.69) is 10.3 Å². The van der Waals surface area contributed by atoms with Crippen molar-refractivity contribution in [1.29, 1.82) is 0 Å². The van der Waals surface area contributed by atoms with Gasteiger partial charge in [-0.3, -0.25) is 4.79 Å². The van der Waals surface area contributed by atoms with E-state index in [4.69, 9.17) is 5.73 Å². The lowest BCUT2D eigenvalue weighted by molar-refractivity contribution is 0.1000. The molecule has 100 valence electrons. The van der Waals surface area contributed by atoms with Crippen molar-refractivity contribution in [3.8, 4) is 0 Å². The van der Waals surface area contributed by atoms with Gasteiger partial charge in [0.15, 0.2) is 0 Å². The number of aliphatic hydroxyl groups excluding tert-OH is 1. The number of aliphatic hydroxyl groups is 1. The van der Waals surface area contributed by atoms with E-state index in [0.717, 1.165) is 35.0 Å². The minimum Gasteiger partial charge on any atom is -0.387 e. The third-order valence-electron chi connectivity index (χ3n) is 3.96. The van der Waals surface area contributed by atoms with E-state index >= 15 is 0 Å². The van der Waals surface area contributed by atoms with Crippen LogP contribution in [-0.4, -0.2) is 29.1 Å². The van der Waals surface area contributed by atoms with E-state index in [-0.39, 0.29) is 6.04 Å². The lowest BCUT2D eigenvalue weighted by atomic mass is 9.88. The molecule has 0 fully saturated rings. The fourth-order valence-electron chi connectivity index (χ4n) is 2.92. The number of benzene rings is 1. The molecular weight excluding hydrogens is 242 g/mol. The highest BCUT2D eigenvalue weighted by Gasteiger charge is 2.30. The summed E-state index contributed by atoms with van der Waals surface area (Å²) in [4.78, 5) is 14.6. The van der Waals surface area contributed by atoms with Gasteiger partial charge in [0.25, 0.3) is 0 Å². The molecule has 2 unspecified atom stereocenters. The number of carbonyl (C=O) groups is 1. The largest absolute Gasteiger partial charge is 0.387 e. The summed E-state index contributed by atoms with van der Waals surface area (Å²) in [5.41, 5.74) is 8.66. The number of likely N-dealkylation sites (N-methyl/N-ethyl adjacent to an activating group) is 1. The molecule has 5 heteroatoms. The number of H-pyrrole nitrogens is 1. The third kappa shape index (κ3) is 1.82. The van der Waals surface area contributed by atoms with Crippen molar-refractivity contribution in [2.75, 3.05) is 7.05 Å². The second kappa shape index (κ2) is 4.36. The van der Waals surface area contributed by atoms with Crippen molar-refractivity contribution in [2.24, 2.45) is 5.73 Å². The van der Waals surface area contributed by atoms with E-state index in [1.54, 1.807) is 12.1 Å². The van der Waals surface area contributed by atoms with Crippen LogP contribution in [0.3, 0.4) is 0 Å². The average Bonchev–Trinajstić information content (AvgIpc) is 2.77. The molecule has 5 N–H and O–H groups in total. The van der Waals surface area contributed by atoms with Gasteiger partial charge < -0.3 is 21.1 Å².